The summed E-state index contributed by atoms with van der Waals surface area (Å²) >= 11 is 0. The zero-order valence-corrected chi connectivity index (χ0v) is 12.8. The molecule has 0 bridgehead atoms. The Morgan fingerprint density at radius 3 is 2.74 bits per heavy atom. The number of halogens is 1. The molecule has 1 aliphatic rings. The van der Waals surface area contributed by atoms with Gasteiger partial charge in [0.2, 0.25) is 0 Å². The van der Waals surface area contributed by atoms with Crippen LogP contribution in [-0.4, -0.2) is 37.0 Å². The van der Waals surface area contributed by atoms with Crippen molar-refractivity contribution in [1.29, 1.82) is 0 Å². The van der Waals surface area contributed by atoms with Gasteiger partial charge in [0.15, 0.2) is 6.61 Å². The molecule has 0 heterocycles. The molecule has 23 heavy (non-hydrogen) atoms. The molecular weight excluding hydrogens is 303 g/mol. The minimum absolute atomic E-state index is 0.0777. The van der Waals surface area contributed by atoms with Gasteiger partial charge in [-0.3, -0.25) is 14.4 Å². The van der Waals surface area contributed by atoms with Crippen molar-refractivity contribution < 1.29 is 23.5 Å². The van der Waals surface area contributed by atoms with Crippen molar-refractivity contribution in [2.24, 2.45) is 5.92 Å². The maximum atomic E-state index is 13.0. The molecule has 1 aliphatic carbocycles. The topological polar surface area (TPSA) is 84.5 Å². The molecule has 7 heteroatoms. The summed E-state index contributed by atoms with van der Waals surface area (Å²) in [7, 11) is 0. The van der Waals surface area contributed by atoms with Gasteiger partial charge in [0.1, 0.15) is 12.4 Å². The van der Waals surface area contributed by atoms with E-state index in [1.807, 2.05) is 6.92 Å². The predicted octanol–water partition coefficient (Wildman–Crippen LogP) is 1.01. The Morgan fingerprint density at radius 1 is 1.35 bits per heavy atom. The van der Waals surface area contributed by atoms with Crippen molar-refractivity contribution in [1.82, 2.24) is 10.6 Å². The number of hydrogen-bond acceptors (Lipinski definition) is 4. The normalized spacial score (nSPS) is 14.7. The Hall–Kier alpha value is -2.44. The largest absolute Gasteiger partial charge is 0.454 e. The van der Waals surface area contributed by atoms with Crippen LogP contribution in [0.2, 0.25) is 0 Å². The number of hydrogen-bond donors (Lipinski definition) is 2. The molecule has 0 unspecified atom stereocenters. The Kier molecular flexibility index (Phi) is 5.67. The number of carbonyl (C=O) groups excluding carboxylic acids is 3. The number of esters is 1. The molecule has 2 rings (SSSR count). The molecule has 6 nitrogen and oxygen atoms in total. The summed E-state index contributed by atoms with van der Waals surface area (Å²) < 4.78 is 17.8. The third kappa shape index (κ3) is 5.69. The van der Waals surface area contributed by atoms with E-state index in [4.69, 9.17) is 4.74 Å². The lowest BCUT2D eigenvalue weighted by Gasteiger charge is -2.12. The van der Waals surface area contributed by atoms with Crippen LogP contribution in [0.3, 0.4) is 0 Å². The summed E-state index contributed by atoms with van der Waals surface area (Å²) in [4.78, 5) is 34.8. The SMILES string of the molecule is C[C@@H](NC(=O)COC(=O)CNC(=O)c1cccc(F)c1)C1CC1. The van der Waals surface area contributed by atoms with Crippen molar-refractivity contribution in [2.45, 2.75) is 25.8 Å². The molecule has 124 valence electrons. The molecule has 0 aromatic heterocycles. The minimum atomic E-state index is -0.732. The van der Waals surface area contributed by atoms with Crippen molar-refractivity contribution in [3.05, 3.63) is 35.6 Å². The lowest BCUT2D eigenvalue weighted by Crippen LogP contribution is -2.38. The van der Waals surface area contributed by atoms with E-state index in [0.29, 0.717) is 5.92 Å². The van der Waals surface area contributed by atoms with Gasteiger partial charge in [0.05, 0.1) is 0 Å². The highest BCUT2D eigenvalue weighted by atomic mass is 19.1. The Balaban J connectivity index is 1.66. The highest BCUT2D eigenvalue weighted by molar-refractivity contribution is 5.96. The van der Waals surface area contributed by atoms with E-state index in [9.17, 15) is 18.8 Å². The smallest absolute Gasteiger partial charge is 0.325 e. The average Bonchev–Trinajstić information content (AvgIpc) is 3.35. The number of nitrogens with one attached hydrogen (secondary N) is 2. The molecule has 0 radical (unpaired) electrons. The van der Waals surface area contributed by atoms with Gasteiger partial charge in [-0.25, -0.2) is 4.39 Å². The molecule has 1 saturated carbocycles. The highest BCUT2D eigenvalue weighted by Crippen LogP contribution is 2.32. The predicted molar refractivity (Wildman–Crippen MR) is 80.0 cm³/mol. The average molecular weight is 322 g/mol. The number of benzene rings is 1. The van der Waals surface area contributed by atoms with Gasteiger partial charge < -0.3 is 15.4 Å². The number of carbonyl (C=O) groups is 3. The van der Waals surface area contributed by atoms with E-state index in [2.05, 4.69) is 10.6 Å². The third-order valence-electron chi connectivity index (χ3n) is 3.56. The Labute approximate surface area is 133 Å². The first kappa shape index (κ1) is 16.9. The second-order valence-corrected chi connectivity index (χ2v) is 5.55. The fourth-order valence-electron chi connectivity index (χ4n) is 2.09. The van der Waals surface area contributed by atoms with Crippen LogP contribution in [0.4, 0.5) is 4.39 Å². The van der Waals surface area contributed by atoms with E-state index in [-0.39, 0.29) is 30.7 Å². The van der Waals surface area contributed by atoms with Crippen LogP contribution in [0.25, 0.3) is 0 Å². The van der Waals surface area contributed by atoms with Crippen LogP contribution < -0.4 is 10.6 Å². The first-order valence-corrected chi connectivity index (χ1v) is 7.44. The quantitative estimate of drug-likeness (QED) is 0.734. The second kappa shape index (κ2) is 7.71. The van der Waals surface area contributed by atoms with E-state index < -0.39 is 17.7 Å². The van der Waals surface area contributed by atoms with Crippen molar-refractivity contribution in [3.8, 4) is 0 Å². The number of ether oxygens (including phenoxy) is 1. The first-order valence-electron chi connectivity index (χ1n) is 7.44. The molecule has 1 aromatic rings. The second-order valence-electron chi connectivity index (χ2n) is 5.55. The fourth-order valence-corrected chi connectivity index (χ4v) is 2.09. The van der Waals surface area contributed by atoms with Gasteiger partial charge in [-0.1, -0.05) is 6.07 Å². The van der Waals surface area contributed by atoms with Crippen LogP contribution in [-0.2, 0) is 14.3 Å². The van der Waals surface area contributed by atoms with Crippen molar-refractivity contribution >= 4 is 17.8 Å². The van der Waals surface area contributed by atoms with E-state index in [0.717, 1.165) is 18.9 Å². The minimum Gasteiger partial charge on any atom is -0.454 e. The van der Waals surface area contributed by atoms with Crippen LogP contribution >= 0.6 is 0 Å². The van der Waals surface area contributed by atoms with Crippen LogP contribution in [0.5, 0.6) is 0 Å². The molecule has 1 fully saturated rings. The molecule has 2 amide bonds. The summed E-state index contributed by atoms with van der Waals surface area (Å²) in [6.45, 7) is 1.14. The molecule has 2 N–H and O–H groups in total. The van der Waals surface area contributed by atoms with E-state index >= 15 is 0 Å². The summed E-state index contributed by atoms with van der Waals surface area (Å²) in [5, 5.41) is 5.06. The Bertz CT molecular complexity index is 601. The lowest BCUT2D eigenvalue weighted by atomic mass is 10.2. The zero-order valence-electron chi connectivity index (χ0n) is 12.8. The summed E-state index contributed by atoms with van der Waals surface area (Å²) in [5.74, 6) is -1.71. The third-order valence-corrected chi connectivity index (χ3v) is 3.56. The van der Waals surface area contributed by atoms with Gasteiger partial charge in [0, 0.05) is 11.6 Å². The molecular formula is C16H19FN2O4. The maximum absolute atomic E-state index is 13.0. The summed E-state index contributed by atoms with van der Waals surface area (Å²) in [6.07, 6.45) is 2.21. The van der Waals surface area contributed by atoms with Gasteiger partial charge in [0.25, 0.3) is 11.8 Å². The standard InChI is InChI=1S/C16H19FN2O4/c1-10(11-5-6-11)19-14(20)9-23-15(21)8-18-16(22)12-3-2-4-13(17)7-12/h2-4,7,10-11H,5-6,8-9H2,1H3,(H,18,22)(H,19,20)/t10-/m1/s1. The lowest BCUT2D eigenvalue weighted by molar-refractivity contribution is -0.147. The monoisotopic (exact) mass is 322 g/mol. The van der Waals surface area contributed by atoms with Crippen LogP contribution in [0.1, 0.15) is 30.1 Å². The maximum Gasteiger partial charge on any atom is 0.325 e. The van der Waals surface area contributed by atoms with Gasteiger partial charge in [-0.05, 0) is 43.9 Å². The van der Waals surface area contributed by atoms with E-state index in [1.165, 1.54) is 18.2 Å². The highest BCUT2D eigenvalue weighted by Gasteiger charge is 2.28. The van der Waals surface area contributed by atoms with Gasteiger partial charge >= 0.3 is 5.97 Å². The molecule has 0 spiro atoms. The van der Waals surface area contributed by atoms with Crippen molar-refractivity contribution in [2.75, 3.05) is 13.2 Å². The van der Waals surface area contributed by atoms with Crippen molar-refractivity contribution in [3.63, 3.8) is 0 Å². The summed E-state index contributed by atoms with van der Waals surface area (Å²) in [6, 6.07) is 5.18. The summed E-state index contributed by atoms with van der Waals surface area (Å²) in [5.41, 5.74) is 0.105. The molecule has 0 aliphatic heterocycles. The van der Waals surface area contributed by atoms with Gasteiger partial charge in [-0.15, -0.1) is 0 Å². The molecule has 1 aromatic carbocycles. The first-order chi connectivity index (χ1) is 11.0. The fraction of sp³-hybridized carbons (Fsp3) is 0.438. The van der Waals surface area contributed by atoms with Crippen LogP contribution in [0.15, 0.2) is 24.3 Å². The molecule has 0 saturated heterocycles. The Morgan fingerprint density at radius 2 is 2.09 bits per heavy atom. The number of amides is 2. The van der Waals surface area contributed by atoms with E-state index in [1.54, 1.807) is 0 Å². The van der Waals surface area contributed by atoms with Crippen LogP contribution in [0, 0.1) is 11.7 Å². The number of rotatable bonds is 7. The van der Waals surface area contributed by atoms with Gasteiger partial charge in [-0.2, -0.15) is 0 Å². The molecule has 1 atom stereocenters. The zero-order chi connectivity index (χ0) is 16.8.